The van der Waals surface area contributed by atoms with Crippen LogP contribution in [0.5, 0.6) is 0 Å². The molecule has 4 rings (SSSR count). The van der Waals surface area contributed by atoms with Gasteiger partial charge >= 0.3 is 0 Å². The van der Waals surface area contributed by atoms with E-state index in [1.807, 2.05) is 12.1 Å². The van der Waals surface area contributed by atoms with E-state index in [1.54, 1.807) is 18.2 Å². The van der Waals surface area contributed by atoms with Gasteiger partial charge in [-0.15, -0.1) is 14.8 Å². The molecule has 2 aromatic heterocycles. The molecule has 0 unspecified atom stereocenters. The summed E-state index contributed by atoms with van der Waals surface area (Å²) >= 11 is 0. The van der Waals surface area contributed by atoms with Crippen LogP contribution in [0.25, 0.3) is 5.65 Å². The van der Waals surface area contributed by atoms with Crippen molar-refractivity contribution in [3.05, 3.63) is 52.1 Å². The van der Waals surface area contributed by atoms with Crippen molar-refractivity contribution in [2.45, 2.75) is 25.4 Å². The van der Waals surface area contributed by atoms with E-state index < -0.39 is 0 Å². The molecule has 0 aliphatic heterocycles. The molecular weight excluding hydrogens is 298 g/mol. The smallest absolute Gasteiger partial charge is 0.274 e. The number of rotatable bonds is 5. The second-order valence-corrected chi connectivity index (χ2v) is 5.46. The zero-order valence-electron chi connectivity index (χ0n) is 12.1. The number of anilines is 1. The minimum atomic E-state index is -0.349. The van der Waals surface area contributed by atoms with E-state index in [-0.39, 0.29) is 10.6 Å². The third kappa shape index (κ3) is 2.56. The van der Waals surface area contributed by atoms with Crippen molar-refractivity contribution in [3.63, 3.8) is 0 Å². The van der Waals surface area contributed by atoms with E-state index in [1.165, 1.54) is 10.7 Å². The van der Waals surface area contributed by atoms with Crippen molar-refractivity contribution in [3.8, 4) is 0 Å². The molecule has 1 aliphatic rings. The lowest BCUT2D eigenvalue weighted by molar-refractivity contribution is -0.385. The molecule has 23 heavy (non-hydrogen) atoms. The molecule has 0 amide bonds. The fourth-order valence-electron chi connectivity index (χ4n) is 2.58. The highest BCUT2D eigenvalue weighted by atomic mass is 16.6. The van der Waals surface area contributed by atoms with Gasteiger partial charge in [0.25, 0.3) is 5.69 Å². The van der Waals surface area contributed by atoms with Crippen LogP contribution in [0.15, 0.2) is 36.4 Å². The second kappa shape index (κ2) is 5.27. The molecule has 0 saturated heterocycles. The minimum Gasteiger partial charge on any atom is -0.348 e. The summed E-state index contributed by atoms with van der Waals surface area (Å²) < 4.78 is 1.37. The molecule has 0 bridgehead atoms. The lowest BCUT2D eigenvalue weighted by Gasteiger charge is -2.23. The summed E-state index contributed by atoms with van der Waals surface area (Å²) in [5.74, 6) is 0.713. The predicted molar refractivity (Wildman–Crippen MR) is 80.9 cm³/mol. The predicted octanol–water partition coefficient (Wildman–Crippen LogP) is 1.60. The molecule has 9 nitrogen and oxygen atoms in total. The van der Waals surface area contributed by atoms with Gasteiger partial charge in [-0.2, -0.15) is 0 Å². The third-order valence-corrected chi connectivity index (χ3v) is 3.87. The average molecular weight is 311 g/mol. The number of nitrogens with zero attached hydrogens (tertiary/aromatic N) is 7. The van der Waals surface area contributed by atoms with Crippen LogP contribution in [0, 0.1) is 10.1 Å². The van der Waals surface area contributed by atoms with Crippen LogP contribution in [0.3, 0.4) is 0 Å². The van der Waals surface area contributed by atoms with E-state index >= 15 is 0 Å². The van der Waals surface area contributed by atoms with Gasteiger partial charge in [0.05, 0.1) is 11.5 Å². The number of nitro benzene ring substituents is 1. The van der Waals surface area contributed by atoms with Gasteiger partial charge in [-0.3, -0.25) is 10.1 Å². The van der Waals surface area contributed by atoms with Crippen LogP contribution < -0.4 is 4.90 Å². The number of aromatic nitrogens is 5. The van der Waals surface area contributed by atoms with Gasteiger partial charge in [-0.1, -0.05) is 18.2 Å². The zero-order chi connectivity index (χ0) is 15.8. The van der Waals surface area contributed by atoms with Gasteiger partial charge < -0.3 is 4.90 Å². The molecule has 0 spiro atoms. The number of nitro groups is 1. The maximum absolute atomic E-state index is 11.2. The lowest BCUT2D eigenvalue weighted by atomic mass is 10.1. The van der Waals surface area contributed by atoms with Crippen LogP contribution in [0.4, 0.5) is 11.5 Å². The van der Waals surface area contributed by atoms with Crippen molar-refractivity contribution in [2.75, 3.05) is 4.90 Å². The fourth-order valence-corrected chi connectivity index (χ4v) is 2.58. The Balaban J connectivity index is 1.70. The first-order chi connectivity index (χ1) is 11.2. The van der Waals surface area contributed by atoms with Crippen molar-refractivity contribution < 1.29 is 4.92 Å². The SMILES string of the molecule is O=[N+]([O-])c1ccccc1CN(c1ccc2nnnn2n1)C1CC1. The summed E-state index contributed by atoms with van der Waals surface area (Å²) in [6, 6.07) is 10.8. The highest BCUT2D eigenvalue weighted by Gasteiger charge is 2.31. The molecule has 1 saturated carbocycles. The molecule has 1 aliphatic carbocycles. The summed E-state index contributed by atoms with van der Waals surface area (Å²) in [6.45, 7) is 0.433. The maximum Gasteiger partial charge on any atom is 0.274 e. The standard InChI is InChI=1S/C14H13N7O2/c22-21(23)12-4-2-1-3-10(12)9-19(11-5-6-11)14-8-7-13-15-17-18-20(13)16-14/h1-4,7-8,11H,5-6,9H2. The number of benzene rings is 1. The Kier molecular flexibility index (Phi) is 3.11. The van der Waals surface area contributed by atoms with E-state index in [4.69, 9.17) is 0 Å². The Bertz CT molecular complexity index is 874. The van der Waals surface area contributed by atoms with E-state index in [9.17, 15) is 10.1 Å². The Morgan fingerprint density at radius 2 is 2.09 bits per heavy atom. The maximum atomic E-state index is 11.2. The highest BCUT2D eigenvalue weighted by molar-refractivity contribution is 5.49. The van der Waals surface area contributed by atoms with E-state index in [2.05, 4.69) is 25.5 Å². The summed E-state index contributed by atoms with van der Waals surface area (Å²) in [4.78, 5) is 12.9. The van der Waals surface area contributed by atoms with Gasteiger partial charge in [-0.05, 0) is 35.4 Å². The first kappa shape index (κ1) is 13.6. The number of fused-ring (bicyclic) bond motifs is 1. The first-order valence-electron chi connectivity index (χ1n) is 7.27. The molecule has 0 atom stereocenters. The normalized spacial score (nSPS) is 14.1. The molecule has 0 N–H and O–H groups in total. The van der Waals surface area contributed by atoms with Crippen LogP contribution in [-0.4, -0.2) is 36.2 Å². The van der Waals surface area contributed by atoms with Crippen LogP contribution >= 0.6 is 0 Å². The minimum absolute atomic E-state index is 0.127. The number of hydrogen-bond donors (Lipinski definition) is 0. The van der Waals surface area contributed by atoms with Crippen molar-refractivity contribution in [1.29, 1.82) is 0 Å². The Morgan fingerprint density at radius 1 is 1.26 bits per heavy atom. The quantitative estimate of drug-likeness (QED) is 0.520. The average Bonchev–Trinajstić information content (AvgIpc) is 3.29. The van der Waals surface area contributed by atoms with Gasteiger partial charge in [0.1, 0.15) is 0 Å². The summed E-state index contributed by atoms with van der Waals surface area (Å²) in [6.07, 6.45) is 2.10. The molecule has 2 heterocycles. The van der Waals surface area contributed by atoms with E-state index in [0.717, 1.165) is 12.8 Å². The van der Waals surface area contributed by atoms with Gasteiger partial charge in [-0.25, -0.2) is 0 Å². The van der Waals surface area contributed by atoms with Crippen molar-refractivity contribution in [2.24, 2.45) is 0 Å². The number of hydrogen-bond acceptors (Lipinski definition) is 7. The van der Waals surface area contributed by atoms with Gasteiger partial charge in [0.2, 0.25) is 0 Å². The number of para-hydroxylation sites is 1. The van der Waals surface area contributed by atoms with E-state index in [0.29, 0.717) is 29.6 Å². The summed E-state index contributed by atoms with van der Waals surface area (Å²) in [5.41, 5.74) is 1.36. The molecule has 1 aromatic carbocycles. The highest BCUT2D eigenvalue weighted by Crippen LogP contribution is 2.33. The third-order valence-electron chi connectivity index (χ3n) is 3.87. The van der Waals surface area contributed by atoms with Crippen molar-refractivity contribution in [1.82, 2.24) is 25.3 Å². The van der Waals surface area contributed by atoms with Gasteiger partial charge in [0.15, 0.2) is 11.5 Å². The Hall–Kier alpha value is -3.10. The fraction of sp³-hybridized carbons (Fsp3) is 0.286. The molecule has 1 fully saturated rings. The molecule has 3 aromatic rings. The first-order valence-corrected chi connectivity index (χ1v) is 7.27. The topological polar surface area (TPSA) is 102 Å². The Labute approximate surface area is 130 Å². The zero-order valence-corrected chi connectivity index (χ0v) is 12.1. The summed E-state index contributed by atoms with van der Waals surface area (Å²) in [7, 11) is 0. The summed E-state index contributed by atoms with van der Waals surface area (Å²) in [5, 5.41) is 26.8. The van der Waals surface area contributed by atoms with Crippen LogP contribution in [0.2, 0.25) is 0 Å². The molecule has 9 heteroatoms. The van der Waals surface area contributed by atoms with Crippen LogP contribution in [0.1, 0.15) is 18.4 Å². The molecular formula is C14H13N7O2. The van der Waals surface area contributed by atoms with Gasteiger partial charge in [0, 0.05) is 17.7 Å². The number of tetrazole rings is 1. The lowest BCUT2D eigenvalue weighted by Crippen LogP contribution is -2.27. The Morgan fingerprint density at radius 3 is 2.87 bits per heavy atom. The largest absolute Gasteiger partial charge is 0.348 e. The molecule has 116 valence electrons. The second-order valence-electron chi connectivity index (χ2n) is 5.46. The monoisotopic (exact) mass is 311 g/mol. The van der Waals surface area contributed by atoms with Crippen molar-refractivity contribution >= 4 is 17.2 Å². The van der Waals surface area contributed by atoms with Crippen LogP contribution in [-0.2, 0) is 6.54 Å². The molecule has 0 radical (unpaired) electrons.